The highest BCUT2D eigenvalue weighted by molar-refractivity contribution is 7.91. The Morgan fingerprint density at radius 1 is 1.24 bits per heavy atom. The number of carbonyl (C=O) groups is 2. The Labute approximate surface area is 232 Å². The minimum absolute atomic E-state index is 0.000112. The minimum atomic E-state index is -4.26. The molecule has 4 rings (SSSR count). The van der Waals surface area contributed by atoms with Gasteiger partial charge >= 0.3 is 12.8 Å². The van der Waals surface area contributed by atoms with E-state index in [1.54, 1.807) is 18.2 Å². The zero-order valence-corrected chi connectivity index (χ0v) is 22.8. The zero-order valence-electron chi connectivity index (χ0n) is 22.0. The van der Waals surface area contributed by atoms with Crippen molar-refractivity contribution in [2.45, 2.75) is 63.4 Å². The van der Waals surface area contributed by atoms with Crippen LogP contribution in [0.2, 0.25) is 0 Å². The lowest BCUT2D eigenvalue weighted by molar-refractivity contribution is -0.136. The second-order valence-electron chi connectivity index (χ2n) is 10.1. The monoisotopic (exact) mass is 608 g/mol. The predicted molar refractivity (Wildman–Crippen MR) is 136 cm³/mol. The summed E-state index contributed by atoms with van der Waals surface area (Å²) < 4.78 is 96.2. The van der Waals surface area contributed by atoms with Crippen LogP contribution in [0.1, 0.15) is 52.9 Å². The average Bonchev–Trinajstić information content (AvgIpc) is 3.35. The number of fused-ring (bicyclic) bond motifs is 3. The quantitative estimate of drug-likeness (QED) is 0.279. The van der Waals surface area contributed by atoms with Crippen molar-refractivity contribution in [3.8, 4) is 5.75 Å². The van der Waals surface area contributed by atoms with Gasteiger partial charge in [-0.15, -0.1) is 0 Å². The van der Waals surface area contributed by atoms with E-state index in [0.717, 1.165) is 17.4 Å². The van der Waals surface area contributed by atoms with E-state index in [1.807, 2.05) is 0 Å². The molecule has 0 saturated heterocycles. The molecule has 1 aliphatic carbocycles. The SMILES string of the molecule is CS(=O)(=O)CC(=O)Nc1c2c(nn1CCCOC(F)F)C[C@@]1(CCc3cc(OCCCC(F)(F)F)ccc31)NC2=O. The predicted octanol–water partition coefficient (Wildman–Crippen LogP) is 3.34. The van der Waals surface area contributed by atoms with Gasteiger partial charge in [0, 0.05) is 25.6 Å². The Balaban J connectivity index is 1.56. The van der Waals surface area contributed by atoms with Gasteiger partial charge in [0.25, 0.3) is 5.91 Å². The number of ether oxygens (including phenoxy) is 2. The molecule has 0 saturated carbocycles. The van der Waals surface area contributed by atoms with Gasteiger partial charge in [-0.25, -0.2) is 13.1 Å². The molecule has 1 spiro atoms. The molecule has 0 bridgehead atoms. The van der Waals surface area contributed by atoms with Gasteiger partial charge in [-0.05, 0) is 48.9 Å². The van der Waals surface area contributed by atoms with Crippen molar-refractivity contribution < 1.29 is 49.4 Å². The number of hydrogen-bond acceptors (Lipinski definition) is 7. The highest BCUT2D eigenvalue weighted by atomic mass is 32.2. The number of rotatable bonds is 12. The number of anilines is 1. The van der Waals surface area contributed by atoms with Gasteiger partial charge in [0.2, 0.25) is 5.91 Å². The summed E-state index contributed by atoms with van der Waals surface area (Å²) in [5.74, 6) is -1.91. The van der Waals surface area contributed by atoms with E-state index in [2.05, 4.69) is 20.5 Å². The number of alkyl halides is 5. The first-order chi connectivity index (χ1) is 19.2. The first-order valence-corrected chi connectivity index (χ1v) is 14.8. The fraction of sp³-hybridized carbons (Fsp3) is 0.560. The lowest BCUT2D eigenvalue weighted by Gasteiger charge is -2.35. The van der Waals surface area contributed by atoms with Crippen molar-refractivity contribution in [3.63, 3.8) is 0 Å². The van der Waals surface area contributed by atoms with Crippen LogP contribution in [0.25, 0.3) is 0 Å². The largest absolute Gasteiger partial charge is 0.494 e. The Kier molecular flexibility index (Phi) is 8.92. The van der Waals surface area contributed by atoms with Crippen molar-refractivity contribution in [3.05, 3.63) is 40.6 Å². The molecule has 1 aliphatic heterocycles. The van der Waals surface area contributed by atoms with Crippen molar-refractivity contribution in [2.75, 3.05) is 30.5 Å². The fourth-order valence-corrected chi connectivity index (χ4v) is 5.71. The summed E-state index contributed by atoms with van der Waals surface area (Å²) in [6.07, 6.45) is -3.15. The molecule has 2 aliphatic rings. The maximum Gasteiger partial charge on any atom is 0.389 e. The normalized spacial score (nSPS) is 18.4. The standard InChI is InChI=1S/C25H29F5N4O6S/c1-41(37,38)14-19(35)31-21-20-18(33-34(21)9-3-11-40-23(26)27)13-24(32-22(20)36)8-6-15-12-16(4-5-17(15)24)39-10-2-7-25(28,29)30/h4-5,12,23H,2-3,6-11,13-14H2,1H3,(H,31,35)(H,32,36)/t24-/m1/s1. The molecule has 2 N–H and O–H groups in total. The molecule has 0 unspecified atom stereocenters. The van der Waals surface area contributed by atoms with Gasteiger partial charge < -0.3 is 20.1 Å². The molecule has 2 aromatic rings. The number of halogens is 5. The third-order valence-corrected chi connectivity index (χ3v) is 7.56. The highest BCUT2D eigenvalue weighted by Gasteiger charge is 2.46. The molecule has 2 amide bonds. The number of aryl methyl sites for hydroxylation is 2. The van der Waals surface area contributed by atoms with Crippen LogP contribution >= 0.6 is 0 Å². The van der Waals surface area contributed by atoms with Gasteiger partial charge in [-0.2, -0.15) is 27.1 Å². The van der Waals surface area contributed by atoms with Crippen molar-refractivity contribution in [1.82, 2.24) is 15.1 Å². The van der Waals surface area contributed by atoms with Crippen LogP contribution in [0.3, 0.4) is 0 Å². The second kappa shape index (κ2) is 11.9. The first kappa shape index (κ1) is 30.7. The minimum Gasteiger partial charge on any atom is -0.494 e. The van der Waals surface area contributed by atoms with Crippen LogP contribution < -0.4 is 15.4 Å². The van der Waals surface area contributed by atoms with E-state index in [9.17, 15) is 40.0 Å². The van der Waals surface area contributed by atoms with Crippen LogP contribution in [0.15, 0.2) is 18.2 Å². The maximum absolute atomic E-state index is 13.4. The van der Waals surface area contributed by atoms with Crippen molar-refractivity contribution in [2.24, 2.45) is 0 Å². The third-order valence-electron chi connectivity index (χ3n) is 6.77. The number of hydrogen-bond donors (Lipinski definition) is 2. The number of aromatic nitrogens is 2. The van der Waals surface area contributed by atoms with Crippen molar-refractivity contribution in [1.29, 1.82) is 0 Å². The van der Waals surface area contributed by atoms with Gasteiger partial charge in [-0.1, -0.05) is 6.07 Å². The maximum atomic E-state index is 13.4. The molecule has 10 nitrogen and oxygen atoms in total. The molecule has 16 heteroatoms. The average molecular weight is 609 g/mol. The lowest BCUT2D eigenvalue weighted by Crippen LogP contribution is -2.49. The molecular weight excluding hydrogens is 579 g/mol. The Hall–Kier alpha value is -3.27. The van der Waals surface area contributed by atoms with Gasteiger partial charge in [0.05, 0.1) is 24.4 Å². The number of nitrogens with zero attached hydrogens (tertiary/aromatic N) is 2. The lowest BCUT2D eigenvalue weighted by atomic mass is 9.82. The van der Waals surface area contributed by atoms with Gasteiger partial charge in [0.1, 0.15) is 22.9 Å². The summed E-state index contributed by atoms with van der Waals surface area (Å²) in [4.78, 5) is 25.8. The molecule has 1 aromatic carbocycles. The summed E-state index contributed by atoms with van der Waals surface area (Å²) in [5, 5.41) is 9.92. The molecule has 41 heavy (non-hydrogen) atoms. The number of sulfone groups is 1. The molecular formula is C25H29F5N4O6S. The van der Waals surface area contributed by atoms with Crippen LogP contribution in [0.4, 0.5) is 27.8 Å². The van der Waals surface area contributed by atoms with E-state index >= 15 is 0 Å². The summed E-state index contributed by atoms with van der Waals surface area (Å²) in [6, 6.07) is 5.11. The summed E-state index contributed by atoms with van der Waals surface area (Å²) >= 11 is 0. The number of nitrogens with one attached hydrogen (secondary N) is 2. The van der Waals surface area contributed by atoms with E-state index in [1.165, 1.54) is 4.68 Å². The second-order valence-corrected chi connectivity index (χ2v) is 12.2. The van der Waals surface area contributed by atoms with Crippen molar-refractivity contribution >= 4 is 27.5 Å². The summed E-state index contributed by atoms with van der Waals surface area (Å²) in [6.45, 7) is -3.38. The van der Waals surface area contributed by atoms with Gasteiger partial charge in [0.15, 0.2) is 9.84 Å². The first-order valence-electron chi connectivity index (χ1n) is 12.8. The van der Waals surface area contributed by atoms with Crippen LogP contribution in [0, 0.1) is 0 Å². The number of amides is 2. The molecule has 0 fully saturated rings. The van der Waals surface area contributed by atoms with Gasteiger partial charge in [-0.3, -0.25) is 9.59 Å². The molecule has 1 aromatic heterocycles. The molecule has 1 atom stereocenters. The summed E-state index contributed by atoms with van der Waals surface area (Å²) in [7, 11) is -3.68. The zero-order chi connectivity index (χ0) is 30.0. The number of carbonyl (C=O) groups excluding carboxylic acids is 2. The van der Waals surface area contributed by atoms with E-state index < -0.39 is 52.2 Å². The smallest absolute Gasteiger partial charge is 0.389 e. The fourth-order valence-electron chi connectivity index (χ4n) is 5.16. The number of benzene rings is 1. The summed E-state index contributed by atoms with van der Waals surface area (Å²) in [5.41, 5.74) is 1.18. The highest BCUT2D eigenvalue weighted by Crippen LogP contribution is 2.44. The Morgan fingerprint density at radius 3 is 2.68 bits per heavy atom. The molecule has 2 heterocycles. The van der Waals surface area contributed by atoms with E-state index in [0.29, 0.717) is 24.3 Å². The van der Waals surface area contributed by atoms with Crippen LogP contribution in [-0.2, 0) is 44.3 Å². The third kappa shape index (κ3) is 7.72. The molecule has 226 valence electrons. The topological polar surface area (TPSA) is 129 Å². The molecule has 0 radical (unpaired) electrons. The van der Waals surface area contributed by atoms with Crippen LogP contribution in [0.5, 0.6) is 5.75 Å². The van der Waals surface area contributed by atoms with E-state index in [-0.39, 0.29) is 50.4 Å². The van der Waals surface area contributed by atoms with E-state index in [4.69, 9.17) is 4.74 Å². The Morgan fingerprint density at radius 2 is 2.00 bits per heavy atom. The van der Waals surface area contributed by atoms with Crippen LogP contribution in [-0.4, -0.2) is 68.0 Å². The Bertz CT molecular complexity index is 1410.